The van der Waals surface area contributed by atoms with E-state index in [-0.39, 0.29) is 11.7 Å². The van der Waals surface area contributed by atoms with Gasteiger partial charge in [0.15, 0.2) is 0 Å². The Morgan fingerprint density at radius 3 is 2.32 bits per heavy atom. The Bertz CT molecular complexity index is 516. The van der Waals surface area contributed by atoms with Gasteiger partial charge in [-0.3, -0.25) is 9.59 Å². The number of hydrogen-bond acceptors (Lipinski definition) is 4. The van der Waals surface area contributed by atoms with Gasteiger partial charge in [-0.1, -0.05) is 19.3 Å². The van der Waals surface area contributed by atoms with Gasteiger partial charge in [-0.15, -0.1) is 0 Å². The number of Topliss-reactive ketones (excluding diaryl/α,β-unsaturated/α-hetero) is 1. The number of amides is 1. The molecule has 1 unspecified atom stereocenters. The number of likely N-dealkylation sites (tertiary alicyclic amines) is 1. The summed E-state index contributed by atoms with van der Waals surface area (Å²) in [4.78, 5) is 38.4. The average molecular weight is 263 g/mol. The first kappa shape index (κ1) is 12.4. The second-order valence-electron chi connectivity index (χ2n) is 5.72. The minimum Gasteiger partial charge on any atom is -0.433 e. The van der Waals surface area contributed by atoms with Gasteiger partial charge < -0.3 is 9.64 Å². The number of carbonyl (C=O) groups is 3. The number of esters is 1. The molecule has 1 atom stereocenters. The summed E-state index contributed by atoms with van der Waals surface area (Å²) in [6.07, 6.45) is 5.53. The van der Waals surface area contributed by atoms with E-state index in [1.165, 1.54) is 11.0 Å². The van der Waals surface area contributed by atoms with E-state index in [1.807, 2.05) is 0 Å². The normalized spacial score (nSPS) is 33.3. The van der Waals surface area contributed by atoms with Crippen molar-refractivity contribution in [2.24, 2.45) is 0 Å². The van der Waals surface area contributed by atoms with Gasteiger partial charge in [0.1, 0.15) is 5.54 Å². The summed E-state index contributed by atoms with van der Waals surface area (Å²) < 4.78 is 5.17. The van der Waals surface area contributed by atoms with E-state index in [4.69, 9.17) is 4.74 Å². The number of likely N-dealkylation sites (N-methyl/N-ethyl adjacent to an activating group) is 1. The second-order valence-corrected chi connectivity index (χ2v) is 5.72. The molecule has 0 bridgehead atoms. The Morgan fingerprint density at radius 1 is 1.16 bits per heavy atom. The van der Waals surface area contributed by atoms with E-state index in [1.54, 1.807) is 14.0 Å². The van der Waals surface area contributed by atoms with Crippen LogP contribution < -0.4 is 0 Å². The van der Waals surface area contributed by atoms with Crippen LogP contribution in [0.1, 0.15) is 39.0 Å². The Kier molecular flexibility index (Phi) is 2.40. The summed E-state index contributed by atoms with van der Waals surface area (Å²) in [6, 6.07) is 0. The number of hydrogen-bond donors (Lipinski definition) is 0. The SMILES string of the molecule is CC1=CC(=O)OC12C(=O)N(C)C1(CCCCC1)C2=O. The minimum absolute atomic E-state index is 0.244. The highest BCUT2D eigenvalue weighted by Gasteiger charge is 2.70. The quantitative estimate of drug-likeness (QED) is 0.482. The van der Waals surface area contributed by atoms with Crippen molar-refractivity contribution in [1.29, 1.82) is 0 Å². The summed E-state index contributed by atoms with van der Waals surface area (Å²) in [6.45, 7) is 1.62. The maximum Gasteiger partial charge on any atom is 0.332 e. The molecule has 2 aliphatic heterocycles. The van der Waals surface area contributed by atoms with E-state index in [0.717, 1.165) is 19.3 Å². The van der Waals surface area contributed by atoms with Crippen molar-refractivity contribution in [2.45, 2.75) is 50.2 Å². The molecule has 5 heteroatoms. The van der Waals surface area contributed by atoms with Crippen LogP contribution in [0.25, 0.3) is 0 Å². The zero-order valence-electron chi connectivity index (χ0n) is 11.2. The van der Waals surface area contributed by atoms with Gasteiger partial charge in [0, 0.05) is 13.1 Å². The summed E-state index contributed by atoms with van der Waals surface area (Å²) in [5, 5.41) is 0. The van der Waals surface area contributed by atoms with Crippen molar-refractivity contribution in [3.63, 3.8) is 0 Å². The van der Waals surface area contributed by atoms with Crippen molar-refractivity contribution in [3.05, 3.63) is 11.6 Å². The van der Waals surface area contributed by atoms with Crippen LogP contribution in [0.4, 0.5) is 0 Å². The molecule has 1 saturated heterocycles. The van der Waals surface area contributed by atoms with Gasteiger partial charge in [-0.25, -0.2) is 4.79 Å². The molecular weight excluding hydrogens is 246 g/mol. The molecule has 0 N–H and O–H groups in total. The number of ether oxygens (including phenoxy) is 1. The van der Waals surface area contributed by atoms with Crippen LogP contribution in [0, 0.1) is 0 Å². The molecule has 1 amide bonds. The van der Waals surface area contributed by atoms with Gasteiger partial charge in [0.05, 0.1) is 0 Å². The van der Waals surface area contributed by atoms with Crippen molar-refractivity contribution < 1.29 is 19.1 Å². The van der Waals surface area contributed by atoms with Gasteiger partial charge >= 0.3 is 5.97 Å². The molecule has 102 valence electrons. The molecule has 3 rings (SSSR count). The second kappa shape index (κ2) is 3.68. The third kappa shape index (κ3) is 1.28. The predicted molar refractivity (Wildman–Crippen MR) is 66.2 cm³/mol. The van der Waals surface area contributed by atoms with Crippen LogP contribution in [0.2, 0.25) is 0 Å². The smallest absolute Gasteiger partial charge is 0.332 e. The fourth-order valence-corrected chi connectivity index (χ4v) is 3.68. The first-order valence-corrected chi connectivity index (χ1v) is 6.70. The lowest BCUT2D eigenvalue weighted by Crippen LogP contribution is -2.50. The fraction of sp³-hybridized carbons (Fsp3) is 0.643. The molecule has 3 aliphatic rings. The van der Waals surface area contributed by atoms with Crippen molar-refractivity contribution >= 4 is 17.7 Å². The number of nitrogens with zero attached hydrogens (tertiary/aromatic N) is 1. The van der Waals surface area contributed by atoms with Crippen LogP contribution >= 0.6 is 0 Å². The highest BCUT2D eigenvalue weighted by Crippen LogP contribution is 2.48. The maximum absolute atomic E-state index is 12.9. The molecule has 0 radical (unpaired) electrons. The highest BCUT2D eigenvalue weighted by atomic mass is 16.6. The molecule has 0 aromatic heterocycles. The first-order valence-electron chi connectivity index (χ1n) is 6.70. The fourth-order valence-electron chi connectivity index (χ4n) is 3.68. The average Bonchev–Trinajstić information content (AvgIpc) is 2.78. The lowest BCUT2D eigenvalue weighted by molar-refractivity contribution is -0.160. The number of ketones is 1. The molecule has 19 heavy (non-hydrogen) atoms. The Morgan fingerprint density at radius 2 is 1.79 bits per heavy atom. The maximum atomic E-state index is 12.9. The lowest BCUT2D eigenvalue weighted by atomic mass is 9.75. The molecule has 2 spiro atoms. The number of rotatable bonds is 0. The predicted octanol–water partition coefficient (Wildman–Crippen LogP) is 0.972. The summed E-state index contributed by atoms with van der Waals surface area (Å²) >= 11 is 0. The molecule has 1 saturated carbocycles. The van der Waals surface area contributed by atoms with E-state index in [0.29, 0.717) is 18.4 Å². The van der Waals surface area contributed by atoms with Gasteiger partial charge in [0.2, 0.25) is 5.78 Å². The highest BCUT2D eigenvalue weighted by molar-refractivity contribution is 6.25. The minimum atomic E-state index is -1.66. The van der Waals surface area contributed by atoms with Crippen LogP contribution in [-0.2, 0) is 19.1 Å². The van der Waals surface area contributed by atoms with Gasteiger partial charge in [-0.05, 0) is 25.3 Å². The van der Waals surface area contributed by atoms with Gasteiger partial charge in [0.25, 0.3) is 11.5 Å². The summed E-state index contributed by atoms with van der Waals surface area (Å²) in [5.74, 6) is -1.23. The molecule has 1 aliphatic carbocycles. The topological polar surface area (TPSA) is 63.7 Å². The monoisotopic (exact) mass is 263 g/mol. The third-order valence-electron chi connectivity index (χ3n) is 4.81. The molecular formula is C14H17NO4. The summed E-state index contributed by atoms with van der Waals surface area (Å²) in [7, 11) is 1.65. The van der Waals surface area contributed by atoms with Crippen LogP contribution in [0.15, 0.2) is 11.6 Å². The van der Waals surface area contributed by atoms with Crippen LogP contribution in [0.5, 0.6) is 0 Å². The first-order chi connectivity index (χ1) is 8.95. The lowest BCUT2D eigenvalue weighted by Gasteiger charge is -2.37. The van der Waals surface area contributed by atoms with Gasteiger partial charge in [-0.2, -0.15) is 0 Å². The van der Waals surface area contributed by atoms with E-state index < -0.39 is 17.1 Å². The van der Waals surface area contributed by atoms with Crippen molar-refractivity contribution in [2.75, 3.05) is 7.05 Å². The molecule has 0 aromatic carbocycles. The largest absolute Gasteiger partial charge is 0.433 e. The Labute approximate surface area is 111 Å². The Hall–Kier alpha value is -1.65. The zero-order chi connectivity index (χ0) is 13.8. The molecule has 5 nitrogen and oxygen atoms in total. The van der Waals surface area contributed by atoms with Crippen molar-refractivity contribution in [1.82, 2.24) is 4.90 Å². The third-order valence-corrected chi connectivity index (χ3v) is 4.81. The molecule has 0 aromatic rings. The van der Waals surface area contributed by atoms with E-state index in [9.17, 15) is 14.4 Å². The number of carbonyl (C=O) groups excluding carboxylic acids is 3. The van der Waals surface area contributed by atoms with Crippen LogP contribution in [-0.4, -0.2) is 40.7 Å². The standard InChI is InChI=1S/C14H17NO4/c1-9-8-10(16)19-14(9)11(17)13(15(2)12(14)18)6-4-3-5-7-13/h8H,3-7H2,1-2H3. The van der Waals surface area contributed by atoms with Crippen molar-refractivity contribution in [3.8, 4) is 0 Å². The van der Waals surface area contributed by atoms with Crippen LogP contribution in [0.3, 0.4) is 0 Å². The zero-order valence-corrected chi connectivity index (χ0v) is 11.2. The summed E-state index contributed by atoms with van der Waals surface area (Å²) in [5.41, 5.74) is -2.01. The van der Waals surface area contributed by atoms with E-state index >= 15 is 0 Å². The Balaban J connectivity index is 2.11. The molecule has 2 fully saturated rings. The van der Waals surface area contributed by atoms with E-state index in [2.05, 4.69) is 0 Å². The molecule has 2 heterocycles.